The summed E-state index contributed by atoms with van der Waals surface area (Å²) in [6.07, 6.45) is 0.0174. The third-order valence-electron chi connectivity index (χ3n) is 2.33. The molecule has 0 saturated heterocycles. The lowest BCUT2D eigenvalue weighted by molar-refractivity contribution is -0.0355. The van der Waals surface area contributed by atoms with E-state index in [-0.39, 0.29) is 6.10 Å². The van der Waals surface area contributed by atoms with Gasteiger partial charge < -0.3 is 9.84 Å². The highest BCUT2D eigenvalue weighted by atomic mass is 35.5. The molecular formula is C12H17ClO2. The van der Waals surface area contributed by atoms with Crippen LogP contribution in [0.2, 0.25) is 5.02 Å². The second-order valence-electron chi connectivity index (χ2n) is 3.40. The van der Waals surface area contributed by atoms with Gasteiger partial charge in [0.1, 0.15) is 6.10 Å². The maximum atomic E-state index is 10.1. The first kappa shape index (κ1) is 12.5. The zero-order chi connectivity index (χ0) is 11.3. The minimum absolute atomic E-state index is 0.159. The van der Waals surface area contributed by atoms with Crippen molar-refractivity contribution in [3.63, 3.8) is 0 Å². The normalized spacial score (nSPS) is 14.9. The van der Waals surface area contributed by atoms with E-state index >= 15 is 0 Å². The minimum atomic E-state index is -0.603. The molecule has 0 aliphatic rings. The Balaban J connectivity index is 2.77. The van der Waals surface area contributed by atoms with Crippen molar-refractivity contribution in [2.45, 2.75) is 32.5 Å². The van der Waals surface area contributed by atoms with Crippen LogP contribution in [0.1, 0.15) is 31.9 Å². The first-order valence-electron chi connectivity index (χ1n) is 5.24. The Morgan fingerprint density at radius 3 is 2.67 bits per heavy atom. The van der Waals surface area contributed by atoms with E-state index in [1.165, 1.54) is 0 Å². The maximum Gasteiger partial charge on any atom is 0.105 e. The molecule has 1 aromatic rings. The molecule has 1 rings (SSSR count). The highest BCUT2D eigenvalue weighted by molar-refractivity contribution is 6.30. The second-order valence-corrected chi connectivity index (χ2v) is 3.84. The fourth-order valence-electron chi connectivity index (χ4n) is 1.55. The fraction of sp³-hybridized carbons (Fsp3) is 0.500. The van der Waals surface area contributed by atoms with Crippen LogP contribution in [0, 0.1) is 0 Å². The molecule has 84 valence electrons. The number of rotatable bonds is 5. The monoisotopic (exact) mass is 228 g/mol. The third-order valence-corrected chi connectivity index (χ3v) is 2.56. The molecule has 0 bridgehead atoms. The summed E-state index contributed by atoms with van der Waals surface area (Å²) in [5, 5.41) is 10.7. The Kier molecular flexibility index (Phi) is 5.09. The van der Waals surface area contributed by atoms with Gasteiger partial charge in [0.05, 0.1) is 6.10 Å². The quantitative estimate of drug-likeness (QED) is 0.839. The van der Waals surface area contributed by atoms with Crippen molar-refractivity contribution in [1.82, 2.24) is 0 Å². The predicted octanol–water partition coefficient (Wildman–Crippen LogP) is 3.19. The molecule has 0 amide bonds. The van der Waals surface area contributed by atoms with Crippen LogP contribution in [0.4, 0.5) is 0 Å². The molecule has 2 unspecified atom stereocenters. The smallest absolute Gasteiger partial charge is 0.105 e. The Morgan fingerprint density at radius 2 is 2.13 bits per heavy atom. The van der Waals surface area contributed by atoms with Crippen molar-refractivity contribution in [3.8, 4) is 0 Å². The summed E-state index contributed by atoms with van der Waals surface area (Å²) in [4.78, 5) is 0. The average molecular weight is 229 g/mol. The second kappa shape index (κ2) is 6.11. The van der Waals surface area contributed by atoms with E-state index in [0.717, 1.165) is 12.0 Å². The number of aliphatic hydroxyl groups excluding tert-OH is 1. The van der Waals surface area contributed by atoms with Gasteiger partial charge in [-0.2, -0.15) is 0 Å². The van der Waals surface area contributed by atoms with Gasteiger partial charge in [0.15, 0.2) is 0 Å². The number of ether oxygens (including phenoxy) is 1. The standard InChI is InChI=1S/C12H17ClO2/c1-3-11(15-4-2)12(14)9-6-5-7-10(13)8-9/h5-8,11-12,14H,3-4H2,1-2H3. The number of benzene rings is 1. The summed E-state index contributed by atoms with van der Waals surface area (Å²) in [6.45, 7) is 4.53. The molecule has 2 atom stereocenters. The predicted molar refractivity (Wildman–Crippen MR) is 62.1 cm³/mol. The van der Waals surface area contributed by atoms with E-state index in [9.17, 15) is 5.11 Å². The lowest BCUT2D eigenvalue weighted by Gasteiger charge is -2.21. The van der Waals surface area contributed by atoms with E-state index in [1.807, 2.05) is 26.0 Å². The molecule has 0 aromatic heterocycles. The van der Waals surface area contributed by atoms with Crippen LogP contribution in [0.25, 0.3) is 0 Å². The molecule has 0 spiro atoms. The first-order chi connectivity index (χ1) is 7.19. The van der Waals surface area contributed by atoms with Gasteiger partial charge in [-0.1, -0.05) is 30.7 Å². The summed E-state index contributed by atoms with van der Waals surface area (Å²) in [6, 6.07) is 7.26. The summed E-state index contributed by atoms with van der Waals surface area (Å²) in [5.74, 6) is 0. The largest absolute Gasteiger partial charge is 0.386 e. The van der Waals surface area contributed by atoms with Gasteiger partial charge in [-0.05, 0) is 31.0 Å². The van der Waals surface area contributed by atoms with Crippen LogP contribution in [0.3, 0.4) is 0 Å². The van der Waals surface area contributed by atoms with Crippen LogP contribution in [0.15, 0.2) is 24.3 Å². The first-order valence-corrected chi connectivity index (χ1v) is 5.62. The van der Waals surface area contributed by atoms with Crippen LogP contribution < -0.4 is 0 Å². The van der Waals surface area contributed by atoms with Crippen molar-refractivity contribution in [2.24, 2.45) is 0 Å². The summed E-state index contributed by atoms with van der Waals surface area (Å²) >= 11 is 5.86. The Hall–Kier alpha value is -0.570. The van der Waals surface area contributed by atoms with Crippen LogP contribution in [0.5, 0.6) is 0 Å². The minimum Gasteiger partial charge on any atom is -0.386 e. The molecule has 0 heterocycles. The molecule has 0 fully saturated rings. The van der Waals surface area contributed by atoms with Gasteiger partial charge in [-0.3, -0.25) is 0 Å². The van der Waals surface area contributed by atoms with E-state index in [4.69, 9.17) is 16.3 Å². The zero-order valence-corrected chi connectivity index (χ0v) is 9.87. The number of aliphatic hydroxyl groups is 1. The Morgan fingerprint density at radius 1 is 1.40 bits per heavy atom. The highest BCUT2D eigenvalue weighted by Gasteiger charge is 2.19. The molecule has 3 heteroatoms. The number of hydrogen-bond acceptors (Lipinski definition) is 2. The molecule has 0 aliphatic heterocycles. The van der Waals surface area contributed by atoms with Crippen molar-refractivity contribution < 1.29 is 9.84 Å². The van der Waals surface area contributed by atoms with Crippen LogP contribution in [-0.4, -0.2) is 17.8 Å². The van der Waals surface area contributed by atoms with Crippen molar-refractivity contribution >= 4 is 11.6 Å². The summed E-state index contributed by atoms with van der Waals surface area (Å²) in [7, 11) is 0. The zero-order valence-electron chi connectivity index (χ0n) is 9.11. The van der Waals surface area contributed by atoms with E-state index in [1.54, 1.807) is 12.1 Å². The Bertz CT molecular complexity index is 301. The summed E-state index contributed by atoms with van der Waals surface area (Å²) in [5.41, 5.74) is 0.808. The Labute approximate surface area is 95.8 Å². The average Bonchev–Trinajstić information content (AvgIpc) is 2.25. The molecular weight excluding hydrogens is 212 g/mol. The van der Waals surface area contributed by atoms with Crippen molar-refractivity contribution in [2.75, 3.05) is 6.61 Å². The van der Waals surface area contributed by atoms with Crippen LogP contribution >= 0.6 is 11.6 Å². The van der Waals surface area contributed by atoms with Crippen molar-refractivity contribution in [1.29, 1.82) is 0 Å². The SMILES string of the molecule is CCOC(CC)C(O)c1cccc(Cl)c1. The summed E-state index contributed by atoms with van der Waals surface area (Å²) < 4.78 is 5.45. The van der Waals surface area contributed by atoms with Crippen molar-refractivity contribution in [3.05, 3.63) is 34.9 Å². The lowest BCUT2D eigenvalue weighted by Crippen LogP contribution is -2.21. The molecule has 0 saturated carbocycles. The molecule has 2 nitrogen and oxygen atoms in total. The van der Waals surface area contributed by atoms with Gasteiger partial charge in [0.25, 0.3) is 0 Å². The van der Waals surface area contributed by atoms with Gasteiger partial charge in [-0.25, -0.2) is 0 Å². The molecule has 0 radical (unpaired) electrons. The lowest BCUT2D eigenvalue weighted by atomic mass is 10.0. The maximum absolute atomic E-state index is 10.1. The highest BCUT2D eigenvalue weighted by Crippen LogP contribution is 2.23. The number of hydrogen-bond donors (Lipinski definition) is 1. The molecule has 15 heavy (non-hydrogen) atoms. The topological polar surface area (TPSA) is 29.5 Å². The molecule has 1 aromatic carbocycles. The van der Waals surface area contributed by atoms with Gasteiger partial charge in [0, 0.05) is 11.6 Å². The van der Waals surface area contributed by atoms with E-state index in [0.29, 0.717) is 11.6 Å². The van der Waals surface area contributed by atoms with Crippen LogP contribution in [-0.2, 0) is 4.74 Å². The fourth-order valence-corrected chi connectivity index (χ4v) is 1.75. The van der Waals surface area contributed by atoms with E-state index in [2.05, 4.69) is 0 Å². The third kappa shape index (κ3) is 3.49. The molecule has 1 N–H and O–H groups in total. The van der Waals surface area contributed by atoms with Gasteiger partial charge in [0.2, 0.25) is 0 Å². The van der Waals surface area contributed by atoms with E-state index < -0.39 is 6.10 Å². The van der Waals surface area contributed by atoms with Gasteiger partial charge in [-0.15, -0.1) is 0 Å². The molecule has 0 aliphatic carbocycles. The number of halogens is 1. The van der Waals surface area contributed by atoms with Gasteiger partial charge >= 0.3 is 0 Å².